The highest BCUT2D eigenvalue weighted by Gasteiger charge is 2.44. The first-order chi connectivity index (χ1) is 14.1. The number of nitrogens with zero attached hydrogens (tertiary/aromatic N) is 1. The van der Waals surface area contributed by atoms with Gasteiger partial charge in [-0.3, -0.25) is 9.69 Å². The summed E-state index contributed by atoms with van der Waals surface area (Å²) in [6.45, 7) is 3.21. The van der Waals surface area contributed by atoms with Crippen LogP contribution in [0, 0.1) is 17.6 Å². The van der Waals surface area contributed by atoms with Gasteiger partial charge in [-0.1, -0.05) is 12.1 Å². The van der Waals surface area contributed by atoms with E-state index in [9.17, 15) is 13.6 Å². The number of carbonyl (C=O) groups is 1. The molecule has 0 radical (unpaired) electrons. The lowest BCUT2D eigenvalue weighted by molar-refractivity contribution is -0.123. The Morgan fingerprint density at radius 1 is 1.00 bits per heavy atom. The van der Waals surface area contributed by atoms with E-state index in [0.717, 1.165) is 44.5 Å². The number of nitrogens with one attached hydrogen (secondary N) is 1. The van der Waals surface area contributed by atoms with Gasteiger partial charge in [-0.25, -0.2) is 8.78 Å². The molecule has 6 heteroatoms. The van der Waals surface area contributed by atoms with Crippen LogP contribution in [0.5, 0.6) is 5.75 Å². The first-order valence-electron chi connectivity index (χ1n) is 10.2. The number of likely N-dealkylation sites (tertiary alicyclic amines) is 1. The van der Waals surface area contributed by atoms with Crippen molar-refractivity contribution >= 4 is 5.91 Å². The van der Waals surface area contributed by atoms with Crippen LogP contribution in [-0.2, 0) is 4.79 Å². The second-order valence-corrected chi connectivity index (χ2v) is 7.93. The number of hydrogen-bond acceptors (Lipinski definition) is 3. The van der Waals surface area contributed by atoms with E-state index >= 15 is 0 Å². The van der Waals surface area contributed by atoms with Gasteiger partial charge in [0.2, 0.25) is 5.91 Å². The van der Waals surface area contributed by atoms with Gasteiger partial charge in [0.05, 0.1) is 0 Å². The summed E-state index contributed by atoms with van der Waals surface area (Å²) >= 11 is 0. The minimum absolute atomic E-state index is 0.0163. The van der Waals surface area contributed by atoms with E-state index in [1.165, 1.54) is 24.3 Å². The summed E-state index contributed by atoms with van der Waals surface area (Å²) in [5.74, 6) is 0.523. The molecule has 154 valence electrons. The highest BCUT2D eigenvalue weighted by atomic mass is 19.1. The van der Waals surface area contributed by atoms with Gasteiger partial charge in [-0.05, 0) is 67.1 Å². The zero-order valence-corrected chi connectivity index (χ0v) is 16.3. The van der Waals surface area contributed by atoms with Gasteiger partial charge in [0.25, 0.3) is 0 Å². The Labute approximate surface area is 169 Å². The van der Waals surface area contributed by atoms with Crippen LogP contribution >= 0.6 is 0 Å². The Hall–Kier alpha value is -2.47. The number of halogens is 2. The molecule has 1 saturated carbocycles. The summed E-state index contributed by atoms with van der Waals surface area (Å²) in [5.41, 5.74) is 1.04. The average molecular weight is 400 g/mol. The second-order valence-electron chi connectivity index (χ2n) is 7.93. The molecule has 0 bridgehead atoms. The van der Waals surface area contributed by atoms with E-state index in [0.29, 0.717) is 12.4 Å². The molecule has 4 rings (SSSR count). The fourth-order valence-corrected chi connectivity index (χ4v) is 4.00. The van der Waals surface area contributed by atoms with Gasteiger partial charge in [0.15, 0.2) is 0 Å². The second kappa shape index (κ2) is 8.91. The molecule has 2 unspecified atom stereocenters. The largest absolute Gasteiger partial charge is 0.492 e. The lowest BCUT2D eigenvalue weighted by Crippen LogP contribution is -2.46. The van der Waals surface area contributed by atoms with Crippen molar-refractivity contribution in [1.82, 2.24) is 10.2 Å². The molecule has 2 aromatic rings. The summed E-state index contributed by atoms with van der Waals surface area (Å²) in [6, 6.07) is 12.7. The lowest BCUT2D eigenvalue weighted by atomic mass is 10.0. The van der Waals surface area contributed by atoms with Crippen LogP contribution in [-0.4, -0.2) is 43.1 Å². The maximum atomic E-state index is 13.0. The summed E-state index contributed by atoms with van der Waals surface area (Å²) in [6.07, 6.45) is 2.70. The van der Waals surface area contributed by atoms with Crippen LogP contribution in [0.3, 0.4) is 0 Å². The van der Waals surface area contributed by atoms with E-state index in [-0.39, 0.29) is 35.4 Å². The Kier molecular flexibility index (Phi) is 6.09. The lowest BCUT2D eigenvalue weighted by Gasteiger charge is -2.32. The molecule has 1 aliphatic carbocycles. The topological polar surface area (TPSA) is 41.6 Å². The van der Waals surface area contributed by atoms with Gasteiger partial charge in [0.1, 0.15) is 24.0 Å². The van der Waals surface area contributed by atoms with Crippen LogP contribution < -0.4 is 10.1 Å². The summed E-state index contributed by atoms with van der Waals surface area (Å²) in [5, 5.41) is 3.19. The number of piperidine rings is 1. The predicted molar refractivity (Wildman–Crippen MR) is 107 cm³/mol. The molecule has 2 aliphatic rings. The van der Waals surface area contributed by atoms with Crippen molar-refractivity contribution < 1.29 is 18.3 Å². The Morgan fingerprint density at radius 2 is 1.62 bits per heavy atom. The Balaban J connectivity index is 1.14. The molecule has 2 aromatic carbocycles. The molecule has 1 N–H and O–H groups in total. The van der Waals surface area contributed by atoms with Gasteiger partial charge >= 0.3 is 0 Å². The average Bonchev–Trinajstić information content (AvgIpc) is 3.52. The quantitative estimate of drug-likeness (QED) is 0.770. The molecule has 1 heterocycles. The van der Waals surface area contributed by atoms with Crippen molar-refractivity contribution in [3.05, 3.63) is 65.7 Å². The van der Waals surface area contributed by atoms with E-state index < -0.39 is 0 Å². The minimum atomic E-state index is -0.267. The number of rotatable bonds is 7. The summed E-state index contributed by atoms with van der Waals surface area (Å²) in [4.78, 5) is 14.8. The third-order valence-corrected chi connectivity index (χ3v) is 5.85. The number of amides is 1. The number of benzene rings is 2. The highest BCUT2D eigenvalue weighted by molar-refractivity contribution is 5.83. The first-order valence-corrected chi connectivity index (χ1v) is 10.2. The fraction of sp³-hybridized carbons (Fsp3) is 0.435. The number of ether oxygens (including phenoxy) is 1. The predicted octanol–water partition coefficient (Wildman–Crippen LogP) is 3.73. The van der Waals surface area contributed by atoms with Crippen LogP contribution in [0.1, 0.15) is 30.7 Å². The maximum absolute atomic E-state index is 13.0. The highest BCUT2D eigenvalue weighted by Crippen LogP contribution is 2.47. The third kappa shape index (κ3) is 5.32. The Bertz CT molecular complexity index is 818. The molecule has 1 aliphatic heterocycles. The molecule has 4 nitrogen and oxygen atoms in total. The van der Waals surface area contributed by atoms with E-state index in [1.807, 2.05) is 0 Å². The van der Waals surface area contributed by atoms with Gasteiger partial charge in [-0.15, -0.1) is 0 Å². The van der Waals surface area contributed by atoms with Gasteiger partial charge < -0.3 is 10.1 Å². The minimum Gasteiger partial charge on any atom is -0.492 e. The van der Waals surface area contributed by atoms with Crippen molar-refractivity contribution in [2.75, 3.05) is 26.2 Å². The molecule has 1 saturated heterocycles. The van der Waals surface area contributed by atoms with Gasteiger partial charge in [-0.2, -0.15) is 0 Å². The molecular weight excluding hydrogens is 374 g/mol. The molecule has 2 fully saturated rings. The van der Waals surface area contributed by atoms with Crippen LogP contribution in [0.25, 0.3) is 0 Å². The molecule has 2 atom stereocenters. The standard InChI is InChI=1S/C23H26F2N2O2/c24-17-3-1-16(2-4-17)21-15-22(21)23(28)26-19-9-11-27(12-10-19)13-14-29-20-7-5-18(25)6-8-20/h1-8,19,21-22H,9-15H2,(H,26,28). The van der Waals surface area contributed by atoms with E-state index in [2.05, 4.69) is 10.2 Å². The molecule has 0 spiro atoms. The fourth-order valence-electron chi connectivity index (χ4n) is 4.00. The van der Waals surface area contributed by atoms with Crippen molar-refractivity contribution in [3.8, 4) is 5.75 Å². The molecule has 0 aromatic heterocycles. The zero-order valence-electron chi connectivity index (χ0n) is 16.3. The zero-order chi connectivity index (χ0) is 20.2. The monoisotopic (exact) mass is 400 g/mol. The van der Waals surface area contributed by atoms with E-state index in [4.69, 9.17) is 4.74 Å². The normalized spacial score (nSPS) is 22.3. The Morgan fingerprint density at radius 3 is 2.28 bits per heavy atom. The number of carbonyl (C=O) groups excluding carboxylic acids is 1. The molecule has 1 amide bonds. The number of hydrogen-bond donors (Lipinski definition) is 1. The van der Waals surface area contributed by atoms with Crippen molar-refractivity contribution in [3.63, 3.8) is 0 Å². The SMILES string of the molecule is O=C(NC1CCN(CCOc2ccc(F)cc2)CC1)C1CC1c1ccc(F)cc1. The first kappa shape index (κ1) is 19.8. The van der Waals surface area contributed by atoms with Crippen molar-refractivity contribution in [2.24, 2.45) is 5.92 Å². The third-order valence-electron chi connectivity index (χ3n) is 5.85. The molecule has 29 heavy (non-hydrogen) atoms. The van der Waals surface area contributed by atoms with Crippen molar-refractivity contribution in [2.45, 2.75) is 31.2 Å². The van der Waals surface area contributed by atoms with Crippen molar-refractivity contribution in [1.29, 1.82) is 0 Å². The van der Waals surface area contributed by atoms with E-state index in [1.54, 1.807) is 24.3 Å². The summed E-state index contributed by atoms with van der Waals surface area (Å²) in [7, 11) is 0. The van der Waals surface area contributed by atoms with Crippen LogP contribution in [0.15, 0.2) is 48.5 Å². The van der Waals surface area contributed by atoms with Gasteiger partial charge in [0, 0.05) is 31.6 Å². The smallest absolute Gasteiger partial charge is 0.223 e. The van der Waals surface area contributed by atoms with Crippen LogP contribution in [0.4, 0.5) is 8.78 Å². The summed E-state index contributed by atoms with van der Waals surface area (Å²) < 4.78 is 31.6. The maximum Gasteiger partial charge on any atom is 0.223 e. The van der Waals surface area contributed by atoms with Crippen LogP contribution in [0.2, 0.25) is 0 Å². The molecular formula is C23H26F2N2O2.